The van der Waals surface area contributed by atoms with Gasteiger partial charge in [0.25, 0.3) is 5.78 Å². The molecule has 0 radical (unpaired) electrons. The molecule has 2 aromatic carbocycles. The molecule has 0 saturated carbocycles. The summed E-state index contributed by atoms with van der Waals surface area (Å²) in [6.07, 6.45) is 1.61. The van der Waals surface area contributed by atoms with Crippen molar-refractivity contribution in [3.63, 3.8) is 0 Å². The van der Waals surface area contributed by atoms with E-state index in [0.29, 0.717) is 48.3 Å². The Morgan fingerprint density at radius 1 is 1.18 bits per heavy atom. The number of nitrogens with zero attached hydrogens (tertiary/aromatic N) is 2. The number of ether oxygens (including phenoxy) is 4. The first kappa shape index (κ1) is 26.0. The summed E-state index contributed by atoms with van der Waals surface area (Å²) in [6, 6.07) is 10.5. The van der Waals surface area contributed by atoms with Gasteiger partial charge >= 0.3 is 11.9 Å². The Kier molecular flexibility index (Phi) is 7.07. The van der Waals surface area contributed by atoms with Crippen LogP contribution in [-0.4, -0.2) is 54.7 Å². The number of aliphatic hydroxyl groups is 1. The summed E-state index contributed by atoms with van der Waals surface area (Å²) in [5, 5.41) is 11.5. The van der Waals surface area contributed by atoms with E-state index in [1.807, 2.05) is 0 Å². The third-order valence-corrected chi connectivity index (χ3v) is 7.32. The van der Waals surface area contributed by atoms with E-state index in [2.05, 4.69) is 11.6 Å². The van der Waals surface area contributed by atoms with Gasteiger partial charge in [-0.2, -0.15) is 0 Å². The lowest BCUT2D eigenvalue weighted by Crippen LogP contribution is -2.29. The fourth-order valence-electron chi connectivity index (χ4n) is 4.36. The molecule has 0 bridgehead atoms. The van der Waals surface area contributed by atoms with E-state index in [0.717, 1.165) is 11.3 Å². The minimum Gasteiger partial charge on any atom is -0.507 e. The summed E-state index contributed by atoms with van der Waals surface area (Å²) >= 11 is 0.927. The fourth-order valence-corrected chi connectivity index (χ4v) is 5.37. The van der Waals surface area contributed by atoms with Crippen molar-refractivity contribution < 1.29 is 38.4 Å². The molecular formula is C28H24N2O8S. The minimum atomic E-state index is -1.04. The number of methoxy groups -OCH3 is 1. The minimum absolute atomic E-state index is 0.119. The Bertz CT molecular complexity index is 1510. The second-order valence-electron chi connectivity index (χ2n) is 8.60. The normalized spacial score (nSPS) is 17.7. The number of ketones is 1. The van der Waals surface area contributed by atoms with Gasteiger partial charge in [0.05, 0.1) is 24.4 Å². The molecule has 200 valence electrons. The molecule has 1 saturated heterocycles. The molecule has 1 amide bonds. The summed E-state index contributed by atoms with van der Waals surface area (Å²) in [5.41, 5.74) is 1.01. The second-order valence-corrected chi connectivity index (χ2v) is 9.58. The number of benzene rings is 2. The molecule has 1 fully saturated rings. The Balaban J connectivity index is 1.65. The first-order valence-electron chi connectivity index (χ1n) is 11.9. The third kappa shape index (κ3) is 4.72. The van der Waals surface area contributed by atoms with E-state index in [4.69, 9.17) is 18.9 Å². The number of fused-ring (bicyclic) bond motifs is 1. The van der Waals surface area contributed by atoms with Crippen molar-refractivity contribution in [3.05, 3.63) is 82.4 Å². The number of rotatable bonds is 7. The van der Waals surface area contributed by atoms with Crippen LogP contribution in [0.15, 0.2) is 60.7 Å². The van der Waals surface area contributed by atoms with Gasteiger partial charge in [-0.1, -0.05) is 36.1 Å². The monoisotopic (exact) mass is 548 g/mol. The zero-order valence-corrected chi connectivity index (χ0v) is 21.9. The molecule has 11 heteroatoms. The SMILES string of the molecule is C=CCOc1ccc(C2C(=C(O)c3ccc4c(c3)OCCO4)C(=O)C(=O)N2c2nc(C)c(C(=O)OC)s2)cc1. The lowest BCUT2D eigenvalue weighted by molar-refractivity contribution is -0.132. The topological polar surface area (TPSA) is 124 Å². The van der Waals surface area contributed by atoms with Gasteiger partial charge in [-0.3, -0.25) is 14.5 Å². The largest absolute Gasteiger partial charge is 0.507 e. The van der Waals surface area contributed by atoms with Gasteiger partial charge in [-0.25, -0.2) is 9.78 Å². The number of Topliss-reactive ketones (excluding diaryl/α,β-unsaturated/α-hetero) is 1. The van der Waals surface area contributed by atoms with E-state index in [9.17, 15) is 19.5 Å². The number of anilines is 1. The number of amides is 1. The van der Waals surface area contributed by atoms with Crippen LogP contribution in [0.4, 0.5) is 5.13 Å². The van der Waals surface area contributed by atoms with Gasteiger partial charge < -0.3 is 24.1 Å². The van der Waals surface area contributed by atoms with Crippen LogP contribution in [0, 0.1) is 6.92 Å². The number of carbonyl (C=O) groups excluding carboxylic acids is 3. The van der Waals surface area contributed by atoms with Crippen LogP contribution in [0.25, 0.3) is 5.76 Å². The molecule has 0 spiro atoms. The molecule has 1 atom stereocenters. The van der Waals surface area contributed by atoms with Crippen molar-refractivity contribution in [3.8, 4) is 17.2 Å². The van der Waals surface area contributed by atoms with E-state index in [1.54, 1.807) is 55.5 Å². The summed E-state index contributed by atoms with van der Waals surface area (Å²) < 4.78 is 21.6. The maximum absolute atomic E-state index is 13.5. The average molecular weight is 549 g/mol. The lowest BCUT2D eigenvalue weighted by atomic mass is 9.95. The quantitative estimate of drug-likeness (QED) is 0.152. The highest BCUT2D eigenvalue weighted by atomic mass is 32.1. The molecule has 10 nitrogen and oxygen atoms in total. The third-order valence-electron chi connectivity index (χ3n) is 6.19. The molecular weight excluding hydrogens is 524 g/mol. The van der Waals surface area contributed by atoms with Crippen LogP contribution >= 0.6 is 11.3 Å². The molecule has 1 N–H and O–H groups in total. The first-order valence-corrected chi connectivity index (χ1v) is 12.8. The number of aryl methyl sites for hydroxylation is 1. The summed E-state index contributed by atoms with van der Waals surface area (Å²) in [6.45, 7) is 6.29. The summed E-state index contributed by atoms with van der Waals surface area (Å²) in [5.74, 6) is -1.30. The molecule has 1 aromatic heterocycles. The maximum atomic E-state index is 13.5. The van der Waals surface area contributed by atoms with E-state index in [1.165, 1.54) is 12.0 Å². The van der Waals surface area contributed by atoms with Crippen molar-refractivity contribution in [1.82, 2.24) is 4.98 Å². The number of carbonyl (C=O) groups is 3. The predicted molar refractivity (Wildman–Crippen MR) is 143 cm³/mol. The second kappa shape index (κ2) is 10.6. The van der Waals surface area contributed by atoms with Gasteiger partial charge in [-0.05, 0) is 42.8 Å². The Hall–Kier alpha value is -4.64. The van der Waals surface area contributed by atoms with Crippen LogP contribution < -0.4 is 19.1 Å². The molecule has 39 heavy (non-hydrogen) atoms. The highest BCUT2D eigenvalue weighted by Crippen LogP contribution is 2.45. The number of esters is 1. The Morgan fingerprint density at radius 2 is 1.90 bits per heavy atom. The van der Waals surface area contributed by atoms with Crippen molar-refractivity contribution in [2.45, 2.75) is 13.0 Å². The zero-order chi connectivity index (χ0) is 27.7. The number of hydrogen-bond donors (Lipinski definition) is 1. The van der Waals surface area contributed by atoms with Gasteiger partial charge in [0.15, 0.2) is 16.6 Å². The Morgan fingerprint density at radius 3 is 2.59 bits per heavy atom. The summed E-state index contributed by atoms with van der Waals surface area (Å²) in [4.78, 5) is 44.9. The molecule has 3 heterocycles. The molecule has 2 aliphatic heterocycles. The van der Waals surface area contributed by atoms with Crippen LogP contribution in [0.2, 0.25) is 0 Å². The molecule has 3 aromatic rings. The summed E-state index contributed by atoms with van der Waals surface area (Å²) in [7, 11) is 1.25. The van der Waals surface area contributed by atoms with E-state index < -0.39 is 23.7 Å². The predicted octanol–water partition coefficient (Wildman–Crippen LogP) is 4.20. The standard InChI is InChI=1S/C28H24N2O8S/c1-4-11-36-18-8-5-16(6-9-18)22-21(23(31)17-7-10-19-20(14-17)38-13-12-37-19)24(32)26(33)30(22)28-29-15(2)25(39-28)27(34)35-3/h4-10,14,22,31H,1,11-13H2,2-3H3. The number of thiazole rings is 1. The van der Waals surface area contributed by atoms with Gasteiger partial charge in [-0.15, -0.1) is 0 Å². The van der Waals surface area contributed by atoms with Crippen LogP contribution in [0.5, 0.6) is 17.2 Å². The van der Waals surface area contributed by atoms with Crippen molar-refractivity contribution in [2.24, 2.45) is 0 Å². The fraction of sp³-hybridized carbons (Fsp3) is 0.214. The molecule has 0 aliphatic carbocycles. The number of aliphatic hydroxyl groups excluding tert-OH is 1. The average Bonchev–Trinajstić information content (AvgIpc) is 3.47. The highest BCUT2D eigenvalue weighted by Gasteiger charge is 2.48. The Labute approximate surface area is 227 Å². The maximum Gasteiger partial charge on any atom is 0.350 e. The molecule has 1 unspecified atom stereocenters. The van der Waals surface area contributed by atoms with Crippen molar-refractivity contribution in [2.75, 3.05) is 31.8 Å². The van der Waals surface area contributed by atoms with Crippen LogP contribution in [0.1, 0.15) is 32.5 Å². The zero-order valence-electron chi connectivity index (χ0n) is 21.1. The van der Waals surface area contributed by atoms with Crippen molar-refractivity contribution in [1.29, 1.82) is 0 Å². The first-order chi connectivity index (χ1) is 18.8. The number of hydrogen-bond acceptors (Lipinski definition) is 10. The smallest absolute Gasteiger partial charge is 0.350 e. The lowest BCUT2D eigenvalue weighted by Gasteiger charge is -2.23. The van der Waals surface area contributed by atoms with Crippen LogP contribution in [0.3, 0.4) is 0 Å². The van der Waals surface area contributed by atoms with Crippen LogP contribution in [-0.2, 0) is 14.3 Å². The highest BCUT2D eigenvalue weighted by molar-refractivity contribution is 7.17. The number of aromatic nitrogens is 1. The van der Waals surface area contributed by atoms with Crippen molar-refractivity contribution >= 4 is 39.9 Å². The molecule has 2 aliphatic rings. The van der Waals surface area contributed by atoms with E-state index >= 15 is 0 Å². The van der Waals surface area contributed by atoms with Gasteiger partial charge in [0.2, 0.25) is 0 Å². The van der Waals surface area contributed by atoms with Gasteiger partial charge in [0.1, 0.15) is 36.2 Å². The molecule has 5 rings (SSSR count). The van der Waals surface area contributed by atoms with Gasteiger partial charge in [0, 0.05) is 5.56 Å². The van der Waals surface area contributed by atoms with E-state index in [-0.39, 0.29) is 26.9 Å².